The lowest BCUT2D eigenvalue weighted by atomic mass is 9.82. The summed E-state index contributed by atoms with van der Waals surface area (Å²) in [5.74, 6) is 0. The van der Waals surface area contributed by atoms with Crippen molar-refractivity contribution in [2.24, 2.45) is 0 Å². The molecule has 58 heavy (non-hydrogen) atoms. The Morgan fingerprint density at radius 2 is 0.603 bits per heavy atom. The van der Waals surface area contributed by atoms with Crippen molar-refractivity contribution in [1.29, 1.82) is 0 Å². The van der Waals surface area contributed by atoms with Crippen molar-refractivity contribution in [3.05, 3.63) is 231 Å². The molecule has 0 radical (unpaired) electrons. The predicted octanol–water partition coefficient (Wildman–Crippen LogP) is 16.3. The van der Waals surface area contributed by atoms with E-state index in [-0.39, 0.29) is 0 Å². The van der Waals surface area contributed by atoms with E-state index in [4.69, 9.17) is 0 Å². The minimum Gasteiger partial charge on any atom is -0.0622 e. The lowest BCUT2D eigenvalue weighted by Gasteiger charge is -2.21. The summed E-state index contributed by atoms with van der Waals surface area (Å²) in [7, 11) is 0. The maximum absolute atomic E-state index is 2.46. The predicted molar refractivity (Wildman–Crippen MR) is 249 cm³/mol. The van der Waals surface area contributed by atoms with Crippen LogP contribution in [0.5, 0.6) is 0 Å². The lowest BCUT2D eigenvalue weighted by molar-refractivity contribution is 1.57. The van der Waals surface area contributed by atoms with Gasteiger partial charge in [0.05, 0.1) is 0 Å². The summed E-state index contributed by atoms with van der Waals surface area (Å²) in [6.45, 7) is 0. The third-order valence-electron chi connectivity index (χ3n) is 11.9. The van der Waals surface area contributed by atoms with Crippen molar-refractivity contribution in [3.63, 3.8) is 0 Å². The summed E-state index contributed by atoms with van der Waals surface area (Å²) in [6, 6.07) is 84.6. The highest BCUT2D eigenvalue weighted by Gasteiger charge is 2.21. The molecule has 270 valence electrons. The van der Waals surface area contributed by atoms with Gasteiger partial charge in [0.25, 0.3) is 0 Å². The highest BCUT2D eigenvalue weighted by Crippen LogP contribution is 2.48. The highest BCUT2D eigenvalue weighted by atomic mass is 14.2. The number of benzene rings is 11. The van der Waals surface area contributed by atoms with Gasteiger partial charge in [-0.1, -0.05) is 218 Å². The van der Waals surface area contributed by atoms with E-state index in [0.717, 1.165) is 0 Å². The molecule has 0 aliphatic rings. The topological polar surface area (TPSA) is 0 Å². The number of rotatable bonds is 6. The van der Waals surface area contributed by atoms with Gasteiger partial charge in [0, 0.05) is 0 Å². The molecule has 0 saturated heterocycles. The van der Waals surface area contributed by atoms with Crippen LogP contribution in [-0.2, 0) is 0 Å². The monoisotopic (exact) mass is 734 g/mol. The van der Waals surface area contributed by atoms with Crippen LogP contribution in [0.25, 0.3) is 110 Å². The molecule has 0 nitrogen and oxygen atoms in total. The molecule has 0 N–H and O–H groups in total. The Morgan fingerprint density at radius 3 is 1.26 bits per heavy atom. The Balaban J connectivity index is 1.20. The average molecular weight is 735 g/mol. The first kappa shape index (κ1) is 33.8. The van der Waals surface area contributed by atoms with Gasteiger partial charge >= 0.3 is 0 Å². The molecular formula is C58H38. The van der Waals surface area contributed by atoms with Crippen molar-refractivity contribution in [2.45, 2.75) is 0 Å². The molecule has 0 saturated carbocycles. The van der Waals surface area contributed by atoms with E-state index < -0.39 is 0 Å². The van der Waals surface area contributed by atoms with Crippen LogP contribution in [0.1, 0.15) is 0 Å². The smallest absolute Gasteiger partial charge is 0.00199 e. The van der Waals surface area contributed by atoms with Gasteiger partial charge in [0.2, 0.25) is 0 Å². The van der Waals surface area contributed by atoms with Gasteiger partial charge in [-0.05, 0) is 122 Å². The Morgan fingerprint density at radius 1 is 0.172 bits per heavy atom. The van der Waals surface area contributed by atoms with Crippen molar-refractivity contribution < 1.29 is 0 Å². The standard InChI is InChI=1S/C58H38/c1-3-17-39(18-4-1)40-31-33-41(34-32-40)47-36-35-44(46-23-9-10-25-49(46)55-37-43-21-7-8-22-45(43)48-24-11-12-26-50(48)55)38-56(47)58-53-29-15-13-27-51(53)57(42-19-5-2-6-20-42)52-28-14-16-30-54(52)58/h1-38H. The molecule has 11 rings (SSSR count). The summed E-state index contributed by atoms with van der Waals surface area (Å²) in [5.41, 5.74) is 14.7. The van der Waals surface area contributed by atoms with E-state index in [9.17, 15) is 0 Å². The van der Waals surface area contributed by atoms with Gasteiger partial charge in [-0.2, -0.15) is 0 Å². The lowest BCUT2D eigenvalue weighted by Crippen LogP contribution is -1.94. The van der Waals surface area contributed by atoms with Crippen molar-refractivity contribution >= 4 is 43.1 Å². The van der Waals surface area contributed by atoms with Gasteiger partial charge in [0.1, 0.15) is 0 Å². The van der Waals surface area contributed by atoms with Crippen LogP contribution in [0.2, 0.25) is 0 Å². The van der Waals surface area contributed by atoms with Crippen LogP contribution in [0.15, 0.2) is 231 Å². The third-order valence-corrected chi connectivity index (χ3v) is 11.9. The molecule has 11 aromatic rings. The first-order chi connectivity index (χ1) is 28.8. The molecule has 0 heteroatoms. The van der Waals surface area contributed by atoms with Crippen molar-refractivity contribution in [3.8, 4) is 66.8 Å². The van der Waals surface area contributed by atoms with Crippen LogP contribution < -0.4 is 0 Å². The minimum atomic E-state index is 1.19. The molecule has 0 aromatic heterocycles. The van der Waals surface area contributed by atoms with Gasteiger partial charge in [-0.25, -0.2) is 0 Å². The number of hydrogen-bond donors (Lipinski definition) is 0. The summed E-state index contributed by atoms with van der Waals surface area (Å²) in [6.07, 6.45) is 0. The Hall–Kier alpha value is -7.54. The first-order valence-electron chi connectivity index (χ1n) is 20.1. The van der Waals surface area contributed by atoms with E-state index in [0.29, 0.717) is 0 Å². The maximum Gasteiger partial charge on any atom is -0.00199 e. The molecule has 0 bridgehead atoms. The van der Waals surface area contributed by atoms with E-state index in [1.54, 1.807) is 0 Å². The summed E-state index contributed by atoms with van der Waals surface area (Å²) < 4.78 is 0. The van der Waals surface area contributed by atoms with E-state index in [1.165, 1.54) is 110 Å². The quantitative estimate of drug-likeness (QED) is 0.118. The zero-order chi connectivity index (χ0) is 38.4. The van der Waals surface area contributed by atoms with Crippen molar-refractivity contribution in [2.75, 3.05) is 0 Å². The van der Waals surface area contributed by atoms with Gasteiger partial charge < -0.3 is 0 Å². The summed E-state index contributed by atoms with van der Waals surface area (Å²) in [4.78, 5) is 0. The average Bonchev–Trinajstić information content (AvgIpc) is 3.31. The van der Waals surface area contributed by atoms with Crippen LogP contribution in [0, 0.1) is 0 Å². The summed E-state index contributed by atoms with van der Waals surface area (Å²) in [5, 5.41) is 10.1. The third kappa shape index (κ3) is 5.69. The van der Waals surface area contributed by atoms with E-state index in [1.807, 2.05) is 0 Å². The zero-order valence-electron chi connectivity index (χ0n) is 31.9. The fourth-order valence-electron chi connectivity index (χ4n) is 9.22. The molecule has 11 aromatic carbocycles. The molecule has 0 spiro atoms. The maximum atomic E-state index is 2.46. The minimum absolute atomic E-state index is 1.19. The Kier molecular flexibility index (Phi) is 8.26. The van der Waals surface area contributed by atoms with Gasteiger partial charge in [0.15, 0.2) is 0 Å². The highest BCUT2D eigenvalue weighted by molar-refractivity contribution is 6.23. The largest absolute Gasteiger partial charge is 0.0622 e. The molecule has 0 amide bonds. The van der Waals surface area contributed by atoms with E-state index in [2.05, 4.69) is 231 Å². The Labute approximate surface area is 339 Å². The fraction of sp³-hybridized carbons (Fsp3) is 0. The Bertz CT molecular complexity index is 3240. The molecular weight excluding hydrogens is 697 g/mol. The van der Waals surface area contributed by atoms with Crippen LogP contribution >= 0.6 is 0 Å². The van der Waals surface area contributed by atoms with Gasteiger partial charge in [-0.3, -0.25) is 0 Å². The summed E-state index contributed by atoms with van der Waals surface area (Å²) >= 11 is 0. The zero-order valence-corrected chi connectivity index (χ0v) is 31.9. The SMILES string of the molecule is c1ccc(-c2ccc(-c3ccc(-c4ccccc4-c4cc5ccccc5c5ccccc45)cc3-c3c4ccccc4c(-c4ccccc4)c4ccccc34)cc2)cc1. The first-order valence-corrected chi connectivity index (χ1v) is 20.1. The normalized spacial score (nSPS) is 11.4. The van der Waals surface area contributed by atoms with Crippen LogP contribution in [-0.4, -0.2) is 0 Å². The second-order valence-corrected chi connectivity index (χ2v) is 15.1. The molecule has 0 aliphatic heterocycles. The van der Waals surface area contributed by atoms with Crippen molar-refractivity contribution in [1.82, 2.24) is 0 Å². The van der Waals surface area contributed by atoms with E-state index >= 15 is 0 Å². The van der Waals surface area contributed by atoms with Gasteiger partial charge in [-0.15, -0.1) is 0 Å². The molecule has 0 heterocycles. The second-order valence-electron chi connectivity index (χ2n) is 15.1. The fourth-order valence-corrected chi connectivity index (χ4v) is 9.22. The number of fused-ring (bicyclic) bond motifs is 5. The molecule has 0 aliphatic carbocycles. The van der Waals surface area contributed by atoms with Crippen LogP contribution in [0.3, 0.4) is 0 Å². The number of hydrogen-bond acceptors (Lipinski definition) is 0. The molecule has 0 atom stereocenters. The molecule has 0 fully saturated rings. The van der Waals surface area contributed by atoms with Crippen LogP contribution in [0.4, 0.5) is 0 Å². The second kappa shape index (κ2) is 14.2. The molecule has 0 unspecified atom stereocenters.